The van der Waals surface area contributed by atoms with Gasteiger partial charge in [0.15, 0.2) is 0 Å². The molecule has 0 radical (unpaired) electrons. The second-order valence-electron chi connectivity index (χ2n) is 6.75. The summed E-state index contributed by atoms with van der Waals surface area (Å²) in [5.41, 5.74) is 1.93. The summed E-state index contributed by atoms with van der Waals surface area (Å²) in [5.74, 6) is 0.0441. The fourth-order valence-electron chi connectivity index (χ4n) is 2.75. The number of thiazole rings is 1. The lowest BCUT2D eigenvalue weighted by atomic mass is 10.1. The number of nitrogens with zero attached hydrogens (tertiary/aromatic N) is 4. The zero-order chi connectivity index (χ0) is 19.6. The summed E-state index contributed by atoms with van der Waals surface area (Å²) in [6, 6.07) is 5.31. The van der Waals surface area contributed by atoms with Crippen molar-refractivity contribution in [2.75, 3.05) is 7.05 Å². The van der Waals surface area contributed by atoms with E-state index in [-0.39, 0.29) is 17.0 Å². The van der Waals surface area contributed by atoms with E-state index in [1.165, 1.54) is 9.47 Å². The average Bonchev–Trinajstić information content (AvgIpc) is 3.11. The molecule has 3 aromatic rings. The van der Waals surface area contributed by atoms with Crippen LogP contribution in [0.15, 0.2) is 47.0 Å². The summed E-state index contributed by atoms with van der Waals surface area (Å²) in [5, 5.41) is 3.01. The molecule has 1 amide bonds. The zero-order valence-corrected chi connectivity index (χ0v) is 16.7. The molecule has 0 N–H and O–H groups in total. The first kappa shape index (κ1) is 19.0. The SMILES string of the molecule is Cc1ccn(-c2cccnc2)c(=O)c1C(=O)N(C)Cc1csc(C(C)C)n1. The molecule has 7 heteroatoms. The highest BCUT2D eigenvalue weighted by molar-refractivity contribution is 7.09. The Morgan fingerprint density at radius 3 is 2.74 bits per heavy atom. The molecule has 3 heterocycles. The minimum absolute atomic E-state index is 0.170. The van der Waals surface area contributed by atoms with E-state index < -0.39 is 0 Å². The van der Waals surface area contributed by atoms with Crippen molar-refractivity contribution in [2.45, 2.75) is 33.2 Å². The van der Waals surface area contributed by atoms with E-state index in [0.29, 0.717) is 23.7 Å². The molecule has 3 rings (SSSR count). The highest BCUT2D eigenvalue weighted by atomic mass is 32.1. The minimum Gasteiger partial charge on any atom is -0.336 e. The zero-order valence-electron chi connectivity index (χ0n) is 15.8. The fraction of sp³-hybridized carbons (Fsp3) is 0.300. The van der Waals surface area contributed by atoms with Crippen LogP contribution in [0.25, 0.3) is 5.69 Å². The van der Waals surface area contributed by atoms with Crippen molar-refractivity contribution in [2.24, 2.45) is 0 Å². The van der Waals surface area contributed by atoms with Crippen molar-refractivity contribution in [3.8, 4) is 5.69 Å². The molecule has 0 unspecified atom stereocenters. The van der Waals surface area contributed by atoms with Crippen LogP contribution in [0.1, 0.15) is 46.4 Å². The summed E-state index contributed by atoms with van der Waals surface area (Å²) >= 11 is 1.59. The molecule has 0 spiro atoms. The smallest absolute Gasteiger partial charge is 0.268 e. The van der Waals surface area contributed by atoms with Gasteiger partial charge in [0.05, 0.1) is 29.1 Å². The molecule has 0 aromatic carbocycles. The summed E-state index contributed by atoms with van der Waals surface area (Å²) in [6.45, 7) is 6.32. The van der Waals surface area contributed by atoms with Crippen molar-refractivity contribution in [1.29, 1.82) is 0 Å². The van der Waals surface area contributed by atoms with Crippen LogP contribution < -0.4 is 5.56 Å². The Labute approximate surface area is 162 Å². The Kier molecular flexibility index (Phi) is 5.51. The number of aromatic nitrogens is 3. The van der Waals surface area contributed by atoms with Gasteiger partial charge in [-0.1, -0.05) is 13.8 Å². The van der Waals surface area contributed by atoms with Gasteiger partial charge >= 0.3 is 0 Å². The number of carbonyl (C=O) groups is 1. The predicted octanol–water partition coefficient (Wildman–Crippen LogP) is 3.39. The van der Waals surface area contributed by atoms with Gasteiger partial charge in [0.2, 0.25) is 0 Å². The monoisotopic (exact) mass is 382 g/mol. The summed E-state index contributed by atoms with van der Waals surface area (Å²) < 4.78 is 1.45. The van der Waals surface area contributed by atoms with Gasteiger partial charge in [-0.05, 0) is 30.7 Å². The Bertz CT molecular complexity index is 1010. The third-order valence-corrected chi connectivity index (χ3v) is 5.44. The fourth-order valence-corrected chi connectivity index (χ4v) is 3.58. The van der Waals surface area contributed by atoms with Crippen molar-refractivity contribution < 1.29 is 4.79 Å². The third-order valence-electron chi connectivity index (χ3n) is 4.25. The molecular formula is C20H22N4O2S. The summed E-state index contributed by atoms with van der Waals surface area (Å²) in [6.07, 6.45) is 4.90. The molecule has 6 nitrogen and oxygen atoms in total. The first-order valence-electron chi connectivity index (χ1n) is 8.71. The van der Waals surface area contributed by atoms with Gasteiger partial charge in [-0.25, -0.2) is 4.98 Å². The molecule has 0 fully saturated rings. The largest absolute Gasteiger partial charge is 0.336 e. The van der Waals surface area contributed by atoms with Crippen LogP contribution in [0.3, 0.4) is 0 Å². The number of pyridine rings is 2. The normalized spacial score (nSPS) is 11.0. The lowest BCUT2D eigenvalue weighted by Crippen LogP contribution is -2.34. The molecule has 0 aliphatic heterocycles. The molecule has 0 aliphatic rings. The highest BCUT2D eigenvalue weighted by Gasteiger charge is 2.21. The number of carbonyl (C=O) groups excluding carboxylic acids is 1. The van der Waals surface area contributed by atoms with Crippen molar-refractivity contribution in [1.82, 2.24) is 19.4 Å². The lowest BCUT2D eigenvalue weighted by Gasteiger charge is -2.18. The molecule has 0 bridgehead atoms. The first-order valence-corrected chi connectivity index (χ1v) is 9.59. The van der Waals surface area contributed by atoms with Crippen molar-refractivity contribution >= 4 is 17.2 Å². The molecule has 0 saturated carbocycles. The molecule has 3 aromatic heterocycles. The van der Waals surface area contributed by atoms with Crippen molar-refractivity contribution in [3.63, 3.8) is 0 Å². The van der Waals surface area contributed by atoms with E-state index in [4.69, 9.17) is 0 Å². The number of hydrogen-bond acceptors (Lipinski definition) is 5. The Morgan fingerprint density at radius 2 is 2.11 bits per heavy atom. The lowest BCUT2D eigenvalue weighted by molar-refractivity contribution is 0.0780. The van der Waals surface area contributed by atoms with E-state index in [9.17, 15) is 9.59 Å². The van der Waals surface area contributed by atoms with Gasteiger partial charge in [-0.3, -0.25) is 19.1 Å². The maximum absolute atomic E-state index is 13.0. The standard InChI is InChI=1S/C20H22N4O2S/c1-13(2)18-22-15(12-27-18)11-23(4)19(25)17-14(3)7-9-24(20(17)26)16-6-5-8-21-10-16/h5-10,12-13H,11H2,1-4H3. The third kappa shape index (κ3) is 3.98. The summed E-state index contributed by atoms with van der Waals surface area (Å²) in [7, 11) is 1.69. The van der Waals surface area contributed by atoms with Crippen molar-refractivity contribution in [3.05, 3.63) is 74.4 Å². The van der Waals surface area contributed by atoms with Gasteiger partial charge in [-0.15, -0.1) is 11.3 Å². The van der Waals surface area contributed by atoms with E-state index >= 15 is 0 Å². The molecule has 140 valence electrons. The quantitative estimate of drug-likeness (QED) is 0.678. The maximum Gasteiger partial charge on any atom is 0.268 e. The van der Waals surface area contributed by atoms with Crippen LogP contribution in [0.2, 0.25) is 0 Å². The molecule has 0 saturated heterocycles. The van der Waals surface area contributed by atoms with Crippen LogP contribution in [-0.2, 0) is 6.54 Å². The minimum atomic E-state index is -0.346. The van der Waals surface area contributed by atoms with Gasteiger partial charge in [-0.2, -0.15) is 0 Å². The van der Waals surface area contributed by atoms with Gasteiger partial charge in [0.25, 0.3) is 11.5 Å². The number of rotatable bonds is 5. The maximum atomic E-state index is 13.0. The van der Waals surface area contributed by atoms with Crippen LogP contribution in [-0.4, -0.2) is 32.4 Å². The first-order chi connectivity index (χ1) is 12.9. The topological polar surface area (TPSA) is 68.1 Å². The van der Waals surface area contributed by atoms with Crippen LogP contribution >= 0.6 is 11.3 Å². The molecular weight excluding hydrogens is 360 g/mol. The number of aryl methyl sites for hydroxylation is 1. The van der Waals surface area contributed by atoms with Crippen LogP contribution in [0.4, 0.5) is 0 Å². The van der Waals surface area contributed by atoms with E-state index in [2.05, 4.69) is 23.8 Å². The Balaban J connectivity index is 1.90. The average molecular weight is 382 g/mol. The van der Waals surface area contributed by atoms with E-state index in [1.807, 2.05) is 5.38 Å². The highest BCUT2D eigenvalue weighted by Crippen LogP contribution is 2.20. The van der Waals surface area contributed by atoms with E-state index in [1.54, 1.807) is 62.1 Å². The molecule has 0 aliphatic carbocycles. The second-order valence-corrected chi connectivity index (χ2v) is 7.64. The van der Waals surface area contributed by atoms with Crippen LogP contribution in [0.5, 0.6) is 0 Å². The number of hydrogen-bond donors (Lipinski definition) is 0. The van der Waals surface area contributed by atoms with E-state index in [0.717, 1.165) is 10.7 Å². The van der Waals surface area contributed by atoms with Gasteiger partial charge in [0, 0.05) is 30.7 Å². The summed E-state index contributed by atoms with van der Waals surface area (Å²) in [4.78, 5) is 36.1. The second kappa shape index (κ2) is 7.84. The molecule has 27 heavy (non-hydrogen) atoms. The van der Waals surface area contributed by atoms with Gasteiger partial charge < -0.3 is 4.90 Å². The number of amides is 1. The Morgan fingerprint density at radius 1 is 1.33 bits per heavy atom. The predicted molar refractivity (Wildman–Crippen MR) is 107 cm³/mol. The van der Waals surface area contributed by atoms with Crippen LogP contribution in [0, 0.1) is 6.92 Å². The molecule has 0 atom stereocenters. The van der Waals surface area contributed by atoms with Gasteiger partial charge in [0.1, 0.15) is 5.56 Å². The Hall–Kier alpha value is -2.80.